The predicted octanol–water partition coefficient (Wildman–Crippen LogP) is 7.07. The molecule has 2 aromatic carbocycles. The Morgan fingerprint density at radius 1 is 0.919 bits per heavy atom. The van der Waals surface area contributed by atoms with Crippen molar-refractivity contribution in [3.8, 4) is 22.8 Å². The Hall–Kier alpha value is -3.64. The lowest BCUT2D eigenvalue weighted by Gasteiger charge is -2.29. The van der Waals surface area contributed by atoms with Gasteiger partial charge in [-0.3, -0.25) is 0 Å². The third-order valence-electron chi connectivity index (χ3n) is 6.73. The van der Waals surface area contributed by atoms with E-state index < -0.39 is 5.97 Å². The monoisotopic (exact) mass is 499 g/mol. The first-order valence-corrected chi connectivity index (χ1v) is 13.3. The standard InChI is InChI=1S/C31H37N3O3/c1-3-5-18-31(32,19-6-4-2)20-22-36-26-16-14-24(15-17-26)27-23-34-21-10-13-28(29(34)33-27)37-30(35)25-11-8-7-9-12-25/h7-17,21,23H,3-6,18-20,22,32H2,1-2H3. The van der Waals surface area contributed by atoms with E-state index in [1.807, 2.05) is 65.3 Å². The van der Waals surface area contributed by atoms with Gasteiger partial charge in [-0.05, 0) is 67.8 Å². The van der Waals surface area contributed by atoms with Crippen molar-refractivity contribution in [3.63, 3.8) is 0 Å². The minimum atomic E-state index is -0.411. The normalized spacial score (nSPS) is 11.5. The van der Waals surface area contributed by atoms with Gasteiger partial charge in [-0.25, -0.2) is 9.78 Å². The van der Waals surface area contributed by atoms with Gasteiger partial charge < -0.3 is 19.6 Å². The van der Waals surface area contributed by atoms with Crippen molar-refractivity contribution in [1.29, 1.82) is 0 Å². The molecule has 0 unspecified atom stereocenters. The first kappa shape index (κ1) is 26.4. The van der Waals surface area contributed by atoms with Crippen molar-refractivity contribution in [2.75, 3.05) is 6.61 Å². The fourth-order valence-corrected chi connectivity index (χ4v) is 4.47. The average Bonchev–Trinajstić information content (AvgIpc) is 3.37. The average molecular weight is 500 g/mol. The number of carbonyl (C=O) groups is 1. The quantitative estimate of drug-likeness (QED) is 0.199. The van der Waals surface area contributed by atoms with E-state index in [1.165, 1.54) is 0 Å². The highest BCUT2D eigenvalue weighted by atomic mass is 16.5. The molecule has 6 heteroatoms. The number of nitrogens with two attached hydrogens (primary N) is 1. The molecule has 2 heterocycles. The first-order valence-electron chi connectivity index (χ1n) is 13.3. The number of pyridine rings is 1. The molecule has 2 aromatic heterocycles. The number of hydrogen-bond donors (Lipinski definition) is 1. The van der Waals surface area contributed by atoms with Crippen LogP contribution in [0.15, 0.2) is 79.1 Å². The summed E-state index contributed by atoms with van der Waals surface area (Å²) in [6.07, 6.45) is 11.4. The van der Waals surface area contributed by atoms with Crippen LogP contribution in [0.5, 0.6) is 11.5 Å². The van der Waals surface area contributed by atoms with E-state index in [-0.39, 0.29) is 5.54 Å². The van der Waals surface area contributed by atoms with Crippen LogP contribution in [0, 0.1) is 0 Å². The van der Waals surface area contributed by atoms with Gasteiger partial charge in [0.05, 0.1) is 17.9 Å². The number of rotatable bonds is 13. The van der Waals surface area contributed by atoms with Crippen LogP contribution in [-0.4, -0.2) is 27.5 Å². The van der Waals surface area contributed by atoms with Gasteiger partial charge in [-0.1, -0.05) is 57.7 Å². The summed E-state index contributed by atoms with van der Waals surface area (Å²) in [5.41, 5.74) is 9.40. The summed E-state index contributed by atoms with van der Waals surface area (Å²) in [7, 11) is 0. The number of benzene rings is 2. The van der Waals surface area contributed by atoms with Crippen LogP contribution in [0.2, 0.25) is 0 Å². The summed E-state index contributed by atoms with van der Waals surface area (Å²) in [4.78, 5) is 17.3. The Morgan fingerprint density at radius 2 is 1.62 bits per heavy atom. The van der Waals surface area contributed by atoms with Gasteiger partial charge in [-0.2, -0.15) is 0 Å². The van der Waals surface area contributed by atoms with Gasteiger partial charge in [0.15, 0.2) is 11.4 Å². The SMILES string of the molecule is CCCCC(N)(CCCC)CCOc1ccc(-c2cn3cccc(OC(=O)c4ccccc4)c3n2)cc1. The molecule has 2 N–H and O–H groups in total. The highest BCUT2D eigenvalue weighted by molar-refractivity contribution is 5.91. The molecule has 0 saturated carbocycles. The molecular weight excluding hydrogens is 462 g/mol. The number of unbranched alkanes of at least 4 members (excludes halogenated alkanes) is 2. The molecule has 0 bridgehead atoms. The van der Waals surface area contributed by atoms with Gasteiger partial charge in [0.2, 0.25) is 0 Å². The molecule has 194 valence electrons. The molecule has 37 heavy (non-hydrogen) atoms. The van der Waals surface area contributed by atoms with Gasteiger partial charge in [0.1, 0.15) is 5.75 Å². The lowest BCUT2D eigenvalue weighted by atomic mass is 9.85. The predicted molar refractivity (Wildman–Crippen MR) is 148 cm³/mol. The smallest absolute Gasteiger partial charge is 0.343 e. The van der Waals surface area contributed by atoms with Crippen LogP contribution in [0.3, 0.4) is 0 Å². The number of imidazole rings is 1. The van der Waals surface area contributed by atoms with Crippen molar-refractivity contribution >= 4 is 11.6 Å². The highest BCUT2D eigenvalue weighted by Gasteiger charge is 2.23. The van der Waals surface area contributed by atoms with Crippen molar-refractivity contribution < 1.29 is 14.3 Å². The van der Waals surface area contributed by atoms with Crippen LogP contribution >= 0.6 is 0 Å². The van der Waals surface area contributed by atoms with E-state index in [0.29, 0.717) is 23.6 Å². The molecule has 0 aliphatic rings. The molecule has 0 saturated heterocycles. The van der Waals surface area contributed by atoms with Crippen molar-refractivity contribution in [2.45, 2.75) is 64.3 Å². The van der Waals surface area contributed by atoms with Crippen molar-refractivity contribution in [1.82, 2.24) is 9.38 Å². The molecule has 4 aromatic rings. The summed E-state index contributed by atoms with van der Waals surface area (Å²) in [5, 5.41) is 0. The molecule has 0 fully saturated rings. The Kier molecular flexibility index (Phi) is 8.96. The summed E-state index contributed by atoms with van der Waals surface area (Å²) in [6, 6.07) is 20.4. The molecule has 4 rings (SSSR count). The number of fused-ring (bicyclic) bond motifs is 1. The van der Waals surface area contributed by atoms with Crippen LogP contribution < -0.4 is 15.2 Å². The zero-order valence-electron chi connectivity index (χ0n) is 21.9. The van der Waals surface area contributed by atoms with E-state index >= 15 is 0 Å². The number of hydrogen-bond acceptors (Lipinski definition) is 5. The molecular formula is C31H37N3O3. The van der Waals surface area contributed by atoms with Crippen LogP contribution in [0.4, 0.5) is 0 Å². The number of ether oxygens (including phenoxy) is 2. The van der Waals surface area contributed by atoms with Gasteiger partial charge in [0, 0.05) is 23.5 Å². The zero-order valence-corrected chi connectivity index (χ0v) is 21.9. The molecule has 0 radical (unpaired) electrons. The Labute approximate surface area is 219 Å². The second-order valence-corrected chi connectivity index (χ2v) is 9.68. The number of esters is 1. The number of aromatic nitrogens is 2. The minimum absolute atomic E-state index is 0.149. The molecule has 0 aliphatic heterocycles. The maximum Gasteiger partial charge on any atom is 0.343 e. The van der Waals surface area contributed by atoms with Crippen molar-refractivity contribution in [2.24, 2.45) is 5.73 Å². The largest absolute Gasteiger partial charge is 0.494 e. The van der Waals surface area contributed by atoms with E-state index in [1.54, 1.807) is 18.2 Å². The third-order valence-corrected chi connectivity index (χ3v) is 6.73. The first-order chi connectivity index (χ1) is 18.0. The summed E-state index contributed by atoms with van der Waals surface area (Å²) >= 11 is 0. The van der Waals surface area contributed by atoms with E-state index in [9.17, 15) is 4.79 Å². The molecule has 0 aliphatic carbocycles. The summed E-state index contributed by atoms with van der Waals surface area (Å²) in [5.74, 6) is 0.822. The third kappa shape index (κ3) is 6.98. The van der Waals surface area contributed by atoms with Gasteiger partial charge >= 0.3 is 5.97 Å². The molecule has 0 amide bonds. The maximum absolute atomic E-state index is 12.5. The Morgan fingerprint density at radius 3 is 2.30 bits per heavy atom. The van der Waals surface area contributed by atoms with Crippen LogP contribution in [0.1, 0.15) is 69.2 Å². The minimum Gasteiger partial charge on any atom is -0.494 e. The van der Waals surface area contributed by atoms with Crippen molar-refractivity contribution in [3.05, 3.63) is 84.7 Å². The van der Waals surface area contributed by atoms with Crippen LogP contribution in [-0.2, 0) is 0 Å². The summed E-state index contributed by atoms with van der Waals surface area (Å²) in [6.45, 7) is 5.02. The zero-order chi connectivity index (χ0) is 26.1. The Balaban J connectivity index is 1.41. The molecule has 6 nitrogen and oxygen atoms in total. The fourth-order valence-electron chi connectivity index (χ4n) is 4.47. The second-order valence-electron chi connectivity index (χ2n) is 9.68. The van der Waals surface area contributed by atoms with E-state index in [0.717, 1.165) is 62.0 Å². The van der Waals surface area contributed by atoms with Gasteiger partial charge in [-0.15, -0.1) is 0 Å². The van der Waals surface area contributed by atoms with Gasteiger partial charge in [0.25, 0.3) is 0 Å². The fraction of sp³-hybridized carbons (Fsp3) is 0.355. The maximum atomic E-state index is 12.5. The number of nitrogens with zero attached hydrogens (tertiary/aromatic N) is 2. The highest BCUT2D eigenvalue weighted by Crippen LogP contribution is 2.27. The molecule has 0 atom stereocenters. The number of carbonyl (C=O) groups excluding carboxylic acids is 1. The molecule has 0 spiro atoms. The topological polar surface area (TPSA) is 78.9 Å². The van der Waals surface area contributed by atoms with Crippen LogP contribution in [0.25, 0.3) is 16.9 Å². The van der Waals surface area contributed by atoms with E-state index in [4.69, 9.17) is 20.2 Å². The lowest BCUT2D eigenvalue weighted by molar-refractivity contribution is 0.0736. The Bertz CT molecular complexity index is 1270. The summed E-state index contributed by atoms with van der Waals surface area (Å²) < 4.78 is 13.6. The second kappa shape index (κ2) is 12.5. The van der Waals surface area contributed by atoms with E-state index in [2.05, 4.69) is 13.8 Å². The lowest BCUT2D eigenvalue weighted by Crippen LogP contribution is -2.41.